The van der Waals surface area contributed by atoms with E-state index >= 15 is 0 Å². The Balaban J connectivity index is 1.86. The fourth-order valence-corrected chi connectivity index (χ4v) is 4.08. The van der Waals surface area contributed by atoms with Crippen LogP contribution in [0.2, 0.25) is 5.02 Å². The molecule has 6 nitrogen and oxygen atoms in total. The molecule has 0 bridgehead atoms. The first-order chi connectivity index (χ1) is 16.0. The molecular weight excluding hydrogens is 500 g/mol. The van der Waals surface area contributed by atoms with Gasteiger partial charge >= 0.3 is 16.3 Å². The zero-order valence-electron chi connectivity index (χ0n) is 17.0. The third kappa shape index (κ3) is 6.55. The van der Waals surface area contributed by atoms with Crippen molar-refractivity contribution in [2.75, 3.05) is 0 Å². The number of nitrogens with zero attached hydrogens (tertiary/aromatic N) is 1. The molecule has 0 aliphatic carbocycles. The molecule has 3 aromatic carbocycles. The predicted molar refractivity (Wildman–Crippen MR) is 117 cm³/mol. The van der Waals surface area contributed by atoms with Crippen LogP contribution in [0, 0.1) is 5.82 Å². The van der Waals surface area contributed by atoms with Crippen molar-refractivity contribution < 1.29 is 35.0 Å². The van der Waals surface area contributed by atoms with Crippen LogP contribution in [0.3, 0.4) is 0 Å². The van der Waals surface area contributed by atoms with Crippen molar-refractivity contribution in [3.63, 3.8) is 0 Å². The molecule has 0 fully saturated rings. The molecule has 34 heavy (non-hydrogen) atoms. The minimum absolute atomic E-state index is 0.00319. The van der Waals surface area contributed by atoms with E-state index in [9.17, 15) is 30.8 Å². The van der Waals surface area contributed by atoms with E-state index in [2.05, 4.69) is 10.5 Å². The van der Waals surface area contributed by atoms with Crippen LogP contribution in [0.1, 0.15) is 16.7 Å². The first-order valence-corrected chi connectivity index (χ1v) is 11.2. The van der Waals surface area contributed by atoms with E-state index in [-0.39, 0.29) is 22.8 Å². The summed E-state index contributed by atoms with van der Waals surface area (Å²) in [6.45, 7) is 0. The molecule has 0 aliphatic rings. The largest absolute Gasteiger partial charge is 0.416 e. The normalized spacial score (nSPS) is 12.0. The van der Waals surface area contributed by atoms with Gasteiger partial charge in [-0.05, 0) is 48.0 Å². The SMILES string of the molecule is O=C(Cc1ccc(F)cc1Cl)N/N=C/c1cc(C(F)(F)F)ccc1S(=O)(=O)Oc1ccccc1. The Morgan fingerprint density at radius 1 is 1.06 bits per heavy atom. The summed E-state index contributed by atoms with van der Waals surface area (Å²) in [6, 6.07) is 12.7. The Hall–Kier alpha value is -3.44. The van der Waals surface area contributed by atoms with E-state index in [1.165, 1.54) is 30.3 Å². The van der Waals surface area contributed by atoms with Crippen LogP contribution in [0.15, 0.2) is 76.7 Å². The molecule has 1 N–H and O–H groups in total. The summed E-state index contributed by atoms with van der Waals surface area (Å²) >= 11 is 5.86. The highest BCUT2D eigenvalue weighted by molar-refractivity contribution is 7.87. The molecule has 0 saturated heterocycles. The lowest BCUT2D eigenvalue weighted by Crippen LogP contribution is -2.20. The lowest BCUT2D eigenvalue weighted by Gasteiger charge is -2.12. The van der Waals surface area contributed by atoms with Crippen LogP contribution >= 0.6 is 11.6 Å². The maximum atomic E-state index is 13.2. The molecule has 3 rings (SSSR count). The zero-order valence-corrected chi connectivity index (χ0v) is 18.6. The number of para-hydroxylation sites is 1. The van der Waals surface area contributed by atoms with Gasteiger partial charge in [-0.15, -0.1) is 0 Å². The van der Waals surface area contributed by atoms with E-state index in [1.54, 1.807) is 6.07 Å². The van der Waals surface area contributed by atoms with Crippen LogP contribution in [-0.2, 0) is 27.5 Å². The molecule has 0 aliphatic heterocycles. The molecular formula is C22H15ClF4N2O4S. The number of halogens is 5. The predicted octanol–water partition coefficient (Wildman–Crippen LogP) is 4.96. The standard InChI is InChI=1S/C22H15ClF4N2O4S/c23-19-12-17(24)8-6-14(19)11-21(30)29-28-13-15-10-16(22(25,26)27)7-9-20(15)34(31,32)33-18-4-2-1-3-5-18/h1-10,12-13H,11H2,(H,29,30)/b28-13+. The topological polar surface area (TPSA) is 84.8 Å². The van der Waals surface area contributed by atoms with Crippen molar-refractivity contribution in [2.45, 2.75) is 17.5 Å². The summed E-state index contributed by atoms with van der Waals surface area (Å²) in [5.41, 5.74) is 0.761. The van der Waals surface area contributed by atoms with E-state index < -0.39 is 44.0 Å². The van der Waals surface area contributed by atoms with Crippen molar-refractivity contribution >= 4 is 33.8 Å². The second-order valence-electron chi connectivity index (χ2n) is 6.81. The first-order valence-electron chi connectivity index (χ1n) is 9.42. The number of rotatable bonds is 7. The number of alkyl halides is 3. The molecule has 0 radical (unpaired) electrons. The van der Waals surface area contributed by atoms with Crippen molar-refractivity contribution in [1.82, 2.24) is 5.43 Å². The lowest BCUT2D eigenvalue weighted by atomic mass is 10.1. The molecule has 0 saturated carbocycles. The quantitative estimate of drug-likeness (QED) is 0.209. The zero-order chi connectivity index (χ0) is 24.9. The fraction of sp³-hybridized carbons (Fsp3) is 0.0909. The van der Waals surface area contributed by atoms with Crippen molar-refractivity contribution in [1.29, 1.82) is 0 Å². The van der Waals surface area contributed by atoms with Crippen LogP contribution in [0.5, 0.6) is 5.75 Å². The van der Waals surface area contributed by atoms with Crippen molar-refractivity contribution in [3.05, 3.63) is 94.3 Å². The van der Waals surface area contributed by atoms with E-state index in [0.717, 1.165) is 24.4 Å². The average molecular weight is 515 g/mol. The number of hydrazone groups is 1. The fourth-order valence-electron chi connectivity index (χ4n) is 2.75. The highest BCUT2D eigenvalue weighted by Gasteiger charge is 2.32. The van der Waals surface area contributed by atoms with Gasteiger partial charge in [-0.25, -0.2) is 9.82 Å². The van der Waals surface area contributed by atoms with Crippen LogP contribution in [0.4, 0.5) is 17.6 Å². The van der Waals surface area contributed by atoms with Gasteiger partial charge < -0.3 is 4.18 Å². The van der Waals surface area contributed by atoms with Gasteiger partial charge in [0.1, 0.15) is 16.5 Å². The molecule has 0 aromatic heterocycles. The van der Waals surface area contributed by atoms with Gasteiger partial charge in [0, 0.05) is 10.6 Å². The number of nitrogens with one attached hydrogen (secondary N) is 1. The van der Waals surface area contributed by atoms with Crippen LogP contribution < -0.4 is 9.61 Å². The Labute approximate surface area is 196 Å². The monoisotopic (exact) mass is 514 g/mol. The van der Waals surface area contributed by atoms with Crippen molar-refractivity contribution in [2.24, 2.45) is 5.10 Å². The number of hydrogen-bond acceptors (Lipinski definition) is 5. The maximum absolute atomic E-state index is 13.2. The van der Waals surface area contributed by atoms with E-state index in [1.807, 2.05) is 0 Å². The summed E-state index contributed by atoms with van der Waals surface area (Å²) in [5.74, 6) is -1.36. The minimum Gasteiger partial charge on any atom is -0.379 e. The lowest BCUT2D eigenvalue weighted by molar-refractivity contribution is -0.137. The van der Waals surface area contributed by atoms with E-state index in [0.29, 0.717) is 12.1 Å². The summed E-state index contributed by atoms with van der Waals surface area (Å²) < 4.78 is 83.0. The van der Waals surface area contributed by atoms with Gasteiger partial charge in [-0.1, -0.05) is 35.9 Å². The Bertz CT molecular complexity index is 1330. The van der Waals surface area contributed by atoms with Crippen molar-refractivity contribution in [3.8, 4) is 5.75 Å². The third-order valence-electron chi connectivity index (χ3n) is 4.31. The smallest absolute Gasteiger partial charge is 0.379 e. The number of carbonyl (C=O) groups excluding carboxylic acids is 1. The summed E-state index contributed by atoms with van der Waals surface area (Å²) in [6.07, 6.45) is -4.31. The molecule has 178 valence electrons. The van der Waals surface area contributed by atoms with Gasteiger partial charge in [-0.2, -0.15) is 26.7 Å². The molecule has 1 amide bonds. The number of hydrogen-bond donors (Lipinski definition) is 1. The molecule has 0 heterocycles. The third-order valence-corrected chi connectivity index (χ3v) is 5.99. The summed E-state index contributed by atoms with van der Waals surface area (Å²) in [5, 5.41) is 3.56. The van der Waals surface area contributed by atoms with Gasteiger partial charge in [-0.3, -0.25) is 4.79 Å². The first kappa shape index (κ1) is 25.2. The van der Waals surface area contributed by atoms with Gasteiger partial charge in [0.15, 0.2) is 0 Å². The molecule has 0 atom stereocenters. The van der Waals surface area contributed by atoms with Gasteiger partial charge in [0.05, 0.1) is 18.2 Å². The van der Waals surface area contributed by atoms with Crippen LogP contribution in [0.25, 0.3) is 0 Å². The summed E-state index contributed by atoms with van der Waals surface area (Å²) in [7, 11) is -4.54. The number of amides is 1. The van der Waals surface area contributed by atoms with Gasteiger partial charge in [0.2, 0.25) is 5.91 Å². The molecule has 12 heteroatoms. The second-order valence-corrected chi connectivity index (χ2v) is 8.73. The highest BCUT2D eigenvalue weighted by Crippen LogP contribution is 2.32. The maximum Gasteiger partial charge on any atom is 0.416 e. The Kier molecular flexibility index (Phi) is 7.57. The Morgan fingerprint density at radius 3 is 2.41 bits per heavy atom. The highest BCUT2D eigenvalue weighted by atomic mass is 35.5. The number of carbonyl (C=O) groups is 1. The van der Waals surface area contributed by atoms with Crippen LogP contribution in [-0.4, -0.2) is 20.5 Å². The number of benzene rings is 3. The molecule has 3 aromatic rings. The minimum atomic E-state index is -4.76. The molecule has 0 unspecified atom stereocenters. The average Bonchev–Trinajstić information content (AvgIpc) is 2.75. The van der Waals surface area contributed by atoms with Gasteiger partial charge in [0.25, 0.3) is 0 Å². The Morgan fingerprint density at radius 2 is 1.76 bits per heavy atom. The second kappa shape index (κ2) is 10.2. The van der Waals surface area contributed by atoms with E-state index in [4.69, 9.17) is 15.8 Å². The summed E-state index contributed by atoms with van der Waals surface area (Å²) in [4.78, 5) is 11.5. The molecule has 0 spiro atoms.